The lowest BCUT2D eigenvalue weighted by Gasteiger charge is -2.15. The number of hydrogen-bond donors (Lipinski definition) is 1. The molecule has 0 spiro atoms. The van der Waals surface area contributed by atoms with E-state index in [9.17, 15) is 8.78 Å². The lowest BCUT2D eigenvalue weighted by Crippen LogP contribution is -2.09. The summed E-state index contributed by atoms with van der Waals surface area (Å²) in [6, 6.07) is 1.93. The third-order valence-corrected chi connectivity index (χ3v) is 3.49. The average molecular weight is 319 g/mol. The van der Waals surface area contributed by atoms with Gasteiger partial charge in [0, 0.05) is 15.9 Å². The van der Waals surface area contributed by atoms with Crippen LogP contribution < -0.4 is 5.32 Å². The Balaban J connectivity index is 2.25. The van der Waals surface area contributed by atoms with Gasteiger partial charge in [0.1, 0.15) is 11.6 Å². The van der Waals surface area contributed by atoms with Crippen LogP contribution in [0.15, 0.2) is 27.5 Å². The molecule has 0 aliphatic rings. The van der Waals surface area contributed by atoms with Gasteiger partial charge in [0.2, 0.25) is 0 Å². The second-order valence-electron chi connectivity index (χ2n) is 3.52. The molecule has 0 fully saturated rings. The Morgan fingerprint density at radius 1 is 1.41 bits per heavy atom. The van der Waals surface area contributed by atoms with Gasteiger partial charge in [0.25, 0.3) is 0 Å². The molecule has 17 heavy (non-hydrogen) atoms. The Morgan fingerprint density at radius 2 is 2.18 bits per heavy atom. The van der Waals surface area contributed by atoms with E-state index in [0.29, 0.717) is 4.47 Å². The maximum atomic E-state index is 13.6. The summed E-state index contributed by atoms with van der Waals surface area (Å²) in [5.74, 6) is -1.24. The minimum absolute atomic E-state index is 0.141. The maximum Gasteiger partial charge on any atom is 0.150 e. The molecule has 1 unspecified atom stereocenters. The summed E-state index contributed by atoms with van der Waals surface area (Å²) >= 11 is 4.60. The molecule has 0 saturated carbocycles. The summed E-state index contributed by atoms with van der Waals surface area (Å²) in [7, 11) is 0. The van der Waals surface area contributed by atoms with Crippen molar-refractivity contribution in [3.63, 3.8) is 0 Å². The van der Waals surface area contributed by atoms with E-state index in [4.69, 9.17) is 0 Å². The van der Waals surface area contributed by atoms with Gasteiger partial charge in [-0.3, -0.25) is 0 Å². The molecule has 6 heteroatoms. The highest BCUT2D eigenvalue weighted by atomic mass is 79.9. The van der Waals surface area contributed by atoms with Crippen LogP contribution in [0.5, 0.6) is 0 Å². The van der Waals surface area contributed by atoms with Crippen molar-refractivity contribution < 1.29 is 8.78 Å². The highest BCUT2D eigenvalue weighted by Gasteiger charge is 2.14. The van der Waals surface area contributed by atoms with Crippen molar-refractivity contribution in [3.8, 4) is 0 Å². The third kappa shape index (κ3) is 2.81. The van der Waals surface area contributed by atoms with Gasteiger partial charge < -0.3 is 5.32 Å². The largest absolute Gasteiger partial charge is 0.374 e. The molecular formula is C11H9BrF2N2S. The normalized spacial score (nSPS) is 12.5. The molecule has 0 amide bonds. The monoisotopic (exact) mass is 318 g/mol. The highest BCUT2D eigenvalue weighted by Crippen LogP contribution is 2.30. The van der Waals surface area contributed by atoms with Crippen LogP contribution in [0.4, 0.5) is 14.5 Å². The van der Waals surface area contributed by atoms with Gasteiger partial charge in [-0.1, -0.05) is 0 Å². The molecule has 90 valence electrons. The van der Waals surface area contributed by atoms with Crippen molar-refractivity contribution in [2.24, 2.45) is 0 Å². The topological polar surface area (TPSA) is 24.9 Å². The van der Waals surface area contributed by atoms with Gasteiger partial charge in [-0.2, -0.15) is 0 Å². The summed E-state index contributed by atoms with van der Waals surface area (Å²) < 4.78 is 26.8. The molecule has 0 bridgehead atoms. The molecule has 1 aromatic heterocycles. The van der Waals surface area contributed by atoms with E-state index in [-0.39, 0.29) is 11.7 Å². The Hall–Kier alpha value is -1.01. The van der Waals surface area contributed by atoms with Crippen LogP contribution in [0.25, 0.3) is 0 Å². The van der Waals surface area contributed by atoms with E-state index in [2.05, 4.69) is 26.2 Å². The van der Waals surface area contributed by atoms with E-state index in [1.54, 1.807) is 5.51 Å². The SMILES string of the molecule is CC(Nc1c(F)cc(F)cc1Br)c1cscn1. The second-order valence-corrected chi connectivity index (χ2v) is 5.10. The van der Waals surface area contributed by atoms with Gasteiger partial charge in [-0.25, -0.2) is 13.8 Å². The van der Waals surface area contributed by atoms with Crippen LogP contribution in [0.2, 0.25) is 0 Å². The van der Waals surface area contributed by atoms with Crippen LogP contribution >= 0.6 is 27.3 Å². The van der Waals surface area contributed by atoms with E-state index in [0.717, 1.165) is 11.8 Å². The lowest BCUT2D eigenvalue weighted by molar-refractivity contribution is 0.582. The summed E-state index contributed by atoms with van der Waals surface area (Å²) in [6.45, 7) is 1.87. The minimum atomic E-state index is -0.626. The number of benzene rings is 1. The quantitative estimate of drug-likeness (QED) is 0.909. The second kappa shape index (κ2) is 5.10. The minimum Gasteiger partial charge on any atom is -0.374 e. The van der Waals surface area contributed by atoms with Crippen LogP contribution in [0.1, 0.15) is 18.7 Å². The first-order chi connectivity index (χ1) is 8.08. The molecule has 0 radical (unpaired) electrons. The molecule has 2 rings (SSSR count). The first-order valence-corrected chi connectivity index (χ1v) is 6.60. The fraction of sp³-hybridized carbons (Fsp3) is 0.182. The average Bonchev–Trinajstić information content (AvgIpc) is 2.76. The summed E-state index contributed by atoms with van der Waals surface area (Å²) in [4.78, 5) is 4.13. The van der Waals surface area contributed by atoms with Crippen molar-refractivity contribution in [2.45, 2.75) is 13.0 Å². The first-order valence-electron chi connectivity index (χ1n) is 4.87. The molecule has 1 heterocycles. The molecular weight excluding hydrogens is 310 g/mol. The summed E-state index contributed by atoms with van der Waals surface area (Å²) in [5.41, 5.74) is 2.78. The number of anilines is 1. The number of hydrogen-bond acceptors (Lipinski definition) is 3. The number of aromatic nitrogens is 1. The smallest absolute Gasteiger partial charge is 0.150 e. The van der Waals surface area contributed by atoms with E-state index in [1.165, 1.54) is 17.4 Å². The molecule has 0 aliphatic carbocycles. The number of halogens is 3. The Kier molecular flexibility index (Phi) is 3.73. The standard InChI is InChI=1S/C11H9BrF2N2S/c1-6(10-4-17-5-15-10)16-11-8(12)2-7(13)3-9(11)14/h2-6,16H,1H3. The van der Waals surface area contributed by atoms with Crippen molar-refractivity contribution in [3.05, 3.63) is 44.8 Å². The molecule has 1 N–H and O–H groups in total. The number of thiazole rings is 1. The lowest BCUT2D eigenvalue weighted by atomic mass is 10.2. The number of nitrogens with zero attached hydrogens (tertiary/aromatic N) is 1. The van der Waals surface area contributed by atoms with Gasteiger partial charge in [-0.15, -0.1) is 11.3 Å². The number of rotatable bonds is 3. The van der Waals surface area contributed by atoms with Gasteiger partial charge in [0.05, 0.1) is 22.9 Å². The van der Waals surface area contributed by atoms with Crippen molar-refractivity contribution >= 4 is 33.0 Å². The van der Waals surface area contributed by atoms with Gasteiger partial charge in [0.15, 0.2) is 0 Å². The van der Waals surface area contributed by atoms with Crippen LogP contribution in [0.3, 0.4) is 0 Å². The highest BCUT2D eigenvalue weighted by molar-refractivity contribution is 9.10. The molecule has 0 saturated heterocycles. The molecule has 0 aliphatic heterocycles. The zero-order valence-corrected chi connectivity index (χ0v) is 11.3. The molecule has 2 aromatic rings. The van der Waals surface area contributed by atoms with E-state index < -0.39 is 11.6 Å². The Morgan fingerprint density at radius 3 is 2.76 bits per heavy atom. The first kappa shape index (κ1) is 12.4. The van der Waals surface area contributed by atoms with Crippen LogP contribution in [-0.2, 0) is 0 Å². The van der Waals surface area contributed by atoms with Crippen LogP contribution in [-0.4, -0.2) is 4.98 Å². The summed E-state index contributed by atoms with van der Waals surface area (Å²) in [5, 5.41) is 4.85. The van der Waals surface area contributed by atoms with Gasteiger partial charge >= 0.3 is 0 Å². The fourth-order valence-corrected chi connectivity index (χ4v) is 2.58. The predicted molar refractivity (Wildman–Crippen MR) is 68.2 cm³/mol. The predicted octanol–water partition coefficient (Wildman–Crippen LogP) is 4.36. The van der Waals surface area contributed by atoms with E-state index >= 15 is 0 Å². The zero-order valence-electron chi connectivity index (χ0n) is 8.88. The van der Waals surface area contributed by atoms with Crippen molar-refractivity contribution in [2.75, 3.05) is 5.32 Å². The Labute approximate surface area is 110 Å². The van der Waals surface area contributed by atoms with Crippen LogP contribution in [0, 0.1) is 11.6 Å². The number of nitrogens with one attached hydrogen (secondary N) is 1. The van der Waals surface area contributed by atoms with Gasteiger partial charge in [-0.05, 0) is 28.9 Å². The zero-order chi connectivity index (χ0) is 12.4. The van der Waals surface area contributed by atoms with E-state index in [1.807, 2.05) is 12.3 Å². The van der Waals surface area contributed by atoms with Crippen molar-refractivity contribution in [1.29, 1.82) is 0 Å². The van der Waals surface area contributed by atoms with Crippen molar-refractivity contribution in [1.82, 2.24) is 4.98 Å². The fourth-order valence-electron chi connectivity index (χ4n) is 1.41. The molecule has 1 aromatic carbocycles. The molecule has 2 nitrogen and oxygen atoms in total. The third-order valence-electron chi connectivity index (χ3n) is 2.26. The Bertz CT molecular complexity index is 493. The maximum absolute atomic E-state index is 13.6. The summed E-state index contributed by atoms with van der Waals surface area (Å²) in [6.07, 6.45) is 0. The molecule has 1 atom stereocenters.